The Morgan fingerprint density at radius 2 is 1.83 bits per heavy atom. The number of hydrogen-bond acceptors (Lipinski definition) is 7. The van der Waals surface area contributed by atoms with Gasteiger partial charge in [-0.2, -0.15) is 0 Å². The fraction of sp³-hybridized carbons (Fsp3) is 0.524. The van der Waals surface area contributed by atoms with Crippen molar-refractivity contribution >= 4 is 23.6 Å². The molecule has 0 aromatic heterocycles. The molecule has 1 spiro atoms. The van der Waals surface area contributed by atoms with Crippen molar-refractivity contribution in [2.75, 3.05) is 19.8 Å². The van der Waals surface area contributed by atoms with Crippen molar-refractivity contribution in [1.82, 2.24) is 4.90 Å². The van der Waals surface area contributed by atoms with Gasteiger partial charge in [0.1, 0.15) is 0 Å². The van der Waals surface area contributed by atoms with E-state index in [2.05, 4.69) is 0 Å². The molecular formula is C21H21NO7. The topological polar surface area (TPSA) is 99.2 Å². The first-order valence-corrected chi connectivity index (χ1v) is 9.91. The third-order valence-electron chi connectivity index (χ3n) is 6.81. The van der Waals surface area contributed by atoms with E-state index >= 15 is 0 Å². The number of Topliss-reactive ketones (excluding diaryl/α,β-unsaturated/α-hetero) is 1. The molecule has 0 N–H and O–H groups in total. The van der Waals surface area contributed by atoms with Crippen molar-refractivity contribution in [2.24, 2.45) is 5.41 Å². The second kappa shape index (κ2) is 5.66. The van der Waals surface area contributed by atoms with Gasteiger partial charge in [0.15, 0.2) is 16.9 Å². The van der Waals surface area contributed by atoms with E-state index in [1.165, 1.54) is 4.90 Å². The summed E-state index contributed by atoms with van der Waals surface area (Å²) in [6.45, 7) is 3.61. The van der Waals surface area contributed by atoms with Crippen molar-refractivity contribution in [2.45, 2.75) is 43.9 Å². The van der Waals surface area contributed by atoms with Crippen LogP contribution >= 0.6 is 0 Å². The number of carbonyl (C=O) groups is 4. The number of nitrogens with zero attached hydrogens (tertiary/aromatic N) is 1. The van der Waals surface area contributed by atoms with Gasteiger partial charge >= 0.3 is 11.9 Å². The van der Waals surface area contributed by atoms with Gasteiger partial charge in [-0.25, -0.2) is 4.79 Å². The molecule has 4 heterocycles. The minimum atomic E-state index is -1.91. The lowest BCUT2D eigenvalue weighted by Gasteiger charge is -2.48. The molecule has 1 aromatic rings. The van der Waals surface area contributed by atoms with Gasteiger partial charge in [-0.15, -0.1) is 0 Å². The molecule has 1 aromatic carbocycles. The van der Waals surface area contributed by atoms with Gasteiger partial charge in [0.05, 0.1) is 13.2 Å². The van der Waals surface area contributed by atoms with Crippen LogP contribution < -0.4 is 0 Å². The number of carbonyl (C=O) groups excluding carboxylic acids is 4. The standard InChI is InChI=1S/C21H21NO7/c1-3-27-17(25)19-9-10-22-15(23)13-8-6-5-7-12(13)14-11-20(16(19)24,18(26)28-4-2)29-21(14,19)22/h5-8,14H,3-4,9-11H2,1-2H3. The normalized spacial score (nSPS) is 36.1. The number of fused-ring (bicyclic) bond motifs is 3. The van der Waals surface area contributed by atoms with Crippen LogP contribution in [0.5, 0.6) is 0 Å². The molecule has 3 saturated heterocycles. The predicted molar refractivity (Wildman–Crippen MR) is 96.7 cm³/mol. The second-order valence-corrected chi connectivity index (χ2v) is 7.85. The van der Waals surface area contributed by atoms with E-state index in [1.54, 1.807) is 38.1 Å². The van der Waals surface area contributed by atoms with Gasteiger partial charge < -0.3 is 19.1 Å². The van der Waals surface area contributed by atoms with Crippen molar-refractivity contribution < 1.29 is 33.4 Å². The number of esters is 2. The van der Waals surface area contributed by atoms with Gasteiger partial charge in [-0.3, -0.25) is 14.4 Å². The highest BCUT2D eigenvalue weighted by atomic mass is 16.6. The number of amides is 1. The van der Waals surface area contributed by atoms with Gasteiger partial charge in [-0.05, 0) is 31.9 Å². The van der Waals surface area contributed by atoms with Crippen LogP contribution in [0, 0.1) is 5.41 Å². The quantitative estimate of drug-likeness (QED) is 0.554. The van der Waals surface area contributed by atoms with Crippen molar-refractivity contribution in [3.8, 4) is 0 Å². The Labute approximate surface area is 167 Å². The Morgan fingerprint density at radius 1 is 1.14 bits per heavy atom. The average Bonchev–Trinajstić information content (AvgIpc) is 3.32. The molecule has 0 radical (unpaired) electrons. The van der Waals surface area contributed by atoms with Gasteiger partial charge in [0.25, 0.3) is 5.91 Å². The predicted octanol–water partition coefficient (Wildman–Crippen LogP) is 1.18. The van der Waals surface area contributed by atoms with E-state index < -0.39 is 40.4 Å². The SMILES string of the molecule is CCOC(=O)C12CC3c4ccccc4C(=O)N4CCC(C(=O)OCC)(C1=O)C34O2. The fourth-order valence-electron chi connectivity index (χ4n) is 5.82. The summed E-state index contributed by atoms with van der Waals surface area (Å²) < 4.78 is 16.7. The first-order valence-electron chi connectivity index (χ1n) is 9.91. The molecule has 8 nitrogen and oxygen atoms in total. The summed E-state index contributed by atoms with van der Waals surface area (Å²) in [5.41, 5.74) is -4.02. The lowest BCUT2D eigenvalue weighted by Crippen LogP contribution is -2.65. The molecule has 1 amide bonds. The van der Waals surface area contributed by atoms with Gasteiger partial charge in [-0.1, -0.05) is 18.2 Å². The lowest BCUT2D eigenvalue weighted by atomic mass is 9.58. The molecule has 152 valence electrons. The zero-order valence-electron chi connectivity index (χ0n) is 16.2. The summed E-state index contributed by atoms with van der Waals surface area (Å²) in [4.78, 5) is 54.6. The maximum absolute atomic E-state index is 13.7. The first-order chi connectivity index (χ1) is 13.9. The van der Waals surface area contributed by atoms with Crippen LogP contribution in [0.1, 0.15) is 48.5 Å². The third-order valence-corrected chi connectivity index (χ3v) is 6.81. The Morgan fingerprint density at radius 3 is 2.55 bits per heavy atom. The summed E-state index contributed by atoms with van der Waals surface area (Å²) in [6, 6.07) is 7.08. The van der Waals surface area contributed by atoms with Crippen LogP contribution in [0.25, 0.3) is 0 Å². The third kappa shape index (κ3) is 1.75. The minimum absolute atomic E-state index is 0.0343. The summed E-state index contributed by atoms with van der Waals surface area (Å²) >= 11 is 0. The second-order valence-electron chi connectivity index (χ2n) is 7.85. The van der Waals surface area contributed by atoms with E-state index in [0.717, 1.165) is 0 Å². The molecule has 2 bridgehead atoms. The zero-order chi connectivity index (χ0) is 20.6. The highest BCUT2D eigenvalue weighted by Gasteiger charge is 2.89. The molecule has 4 aliphatic rings. The van der Waals surface area contributed by atoms with Crippen LogP contribution in [-0.2, 0) is 28.6 Å². The van der Waals surface area contributed by atoms with Crippen molar-refractivity contribution in [3.05, 3.63) is 35.4 Å². The van der Waals surface area contributed by atoms with Gasteiger partial charge in [0.2, 0.25) is 5.60 Å². The van der Waals surface area contributed by atoms with Crippen LogP contribution in [0.2, 0.25) is 0 Å². The number of benzene rings is 1. The van der Waals surface area contributed by atoms with Crippen LogP contribution in [-0.4, -0.2) is 59.6 Å². The van der Waals surface area contributed by atoms with E-state index in [-0.39, 0.29) is 38.5 Å². The maximum atomic E-state index is 13.7. The Kier molecular flexibility index (Phi) is 3.57. The van der Waals surface area contributed by atoms with Crippen molar-refractivity contribution in [1.29, 1.82) is 0 Å². The van der Waals surface area contributed by atoms with Crippen LogP contribution in [0.15, 0.2) is 24.3 Å². The number of ketones is 1. The van der Waals surface area contributed by atoms with Crippen LogP contribution in [0.3, 0.4) is 0 Å². The largest absolute Gasteiger partial charge is 0.465 e. The number of hydrogen-bond donors (Lipinski definition) is 0. The fourth-order valence-corrected chi connectivity index (χ4v) is 5.82. The maximum Gasteiger partial charge on any atom is 0.346 e. The molecule has 8 heteroatoms. The molecule has 0 saturated carbocycles. The summed E-state index contributed by atoms with van der Waals surface area (Å²) in [6.07, 6.45) is 0.0919. The van der Waals surface area contributed by atoms with Gasteiger partial charge in [0, 0.05) is 24.4 Å². The molecular weight excluding hydrogens is 378 g/mol. The first kappa shape index (κ1) is 18.3. The molecule has 4 atom stereocenters. The number of ether oxygens (including phenoxy) is 3. The highest BCUT2D eigenvalue weighted by molar-refractivity contribution is 6.22. The van der Waals surface area contributed by atoms with E-state index in [4.69, 9.17) is 14.2 Å². The summed E-state index contributed by atoms with van der Waals surface area (Å²) in [5.74, 6) is -3.01. The molecule has 0 aliphatic carbocycles. The van der Waals surface area contributed by atoms with E-state index in [1.807, 2.05) is 0 Å². The summed E-state index contributed by atoms with van der Waals surface area (Å²) in [7, 11) is 0. The zero-order valence-corrected chi connectivity index (χ0v) is 16.2. The Hall–Kier alpha value is -2.74. The molecule has 5 rings (SSSR count). The molecule has 4 aliphatic heterocycles. The number of rotatable bonds is 4. The van der Waals surface area contributed by atoms with Crippen molar-refractivity contribution in [3.63, 3.8) is 0 Å². The Bertz CT molecular complexity index is 974. The minimum Gasteiger partial charge on any atom is -0.465 e. The molecule has 3 fully saturated rings. The van der Waals surface area contributed by atoms with E-state index in [0.29, 0.717) is 11.1 Å². The lowest BCUT2D eigenvalue weighted by molar-refractivity contribution is -0.188. The Balaban J connectivity index is 1.78. The van der Waals surface area contributed by atoms with E-state index in [9.17, 15) is 19.2 Å². The highest BCUT2D eigenvalue weighted by Crippen LogP contribution is 2.71. The average molecular weight is 399 g/mol. The monoisotopic (exact) mass is 399 g/mol. The summed E-state index contributed by atoms with van der Waals surface area (Å²) in [5, 5.41) is 0. The van der Waals surface area contributed by atoms with Crippen LogP contribution in [0.4, 0.5) is 0 Å². The molecule has 4 unspecified atom stereocenters. The molecule has 29 heavy (non-hydrogen) atoms. The smallest absolute Gasteiger partial charge is 0.346 e.